The number of carbonyl (C=O) groups is 1. The number of morpholine rings is 1. The molecular formula is C18H32N2O2. The number of rotatable bonds is 3. The number of amides is 1. The molecule has 3 fully saturated rings. The van der Waals surface area contributed by atoms with Gasteiger partial charge in [0.15, 0.2) is 0 Å². The van der Waals surface area contributed by atoms with E-state index >= 15 is 0 Å². The second-order valence-electron chi connectivity index (χ2n) is 8.09. The molecule has 0 radical (unpaired) electrons. The first-order valence-electron chi connectivity index (χ1n) is 9.20. The van der Waals surface area contributed by atoms with Gasteiger partial charge in [0, 0.05) is 18.5 Å². The lowest BCUT2D eigenvalue weighted by Gasteiger charge is -2.46. The molecule has 0 aromatic heterocycles. The minimum Gasteiger partial charge on any atom is -0.377 e. The number of fused-ring (bicyclic) bond motifs is 2. The zero-order valence-electron chi connectivity index (χ0n) is 14.2. The van der Waals surface area contributed by atoms with Gasteiger partial charge in [-0.3, -0.25) is 4.79 Å². The average Bonchev–Trinajstić information content (AvgIpc) is 2.46. The van der Waals surface area contributed by atoms with Gasteiger partial charge in [0.25, 0.3) is 0 Å². The number of nitrogens with zero attached hydrogens (tertiary/aromatic N) is 1. The molecule has 3 atom stereocenters. The maximum absolute atomic E-state index is 13.1. The maximum atomic E-state index is 13.1. The van der Waals surface area contributed by atoms with Crippen LogP contribution in [-0.4, -0.2) is 42.6 Å². The lowest BCUT2D eigenvalue weighted by atomic mass is 9.65. The van der Waals surface area contributed by atoms with Gasteiger partial charge in [-0.1, -0.05) is 20.3 Å². The zero-order valence-corrected chi connectivity index (χ0v) is 14.2. The summed E-state index contributed by atoms with van der Waals surface area (Å²) in [4.78, 5) is 15.3. The standard InChI is InChI=1S/C18H32N2O2/c1-12(2)8-16-11-22-7-6-20(16)18(21)15-9-13-4-3-5-14(10-15)17(13)19/h12-17H,3-11,19H2,1-2H3. The van der Waals surface area contributed by atoms with E-state index in [2.05, 4.69) is 18.7 Å². The van der Waals surface area contributed by atoms with Crippen LogP contribution in [0.1, 0.15) is 52.4 Å². The van der Waals surface area contributed by atoms with Crippen molar-refractivity contribution in [3.05, 3.63) is 0 Å². The fraction of sp³-hybridized carbons (Fsp3) is 0.944. The minimum absolute atomic E-state index is 0.211. The highest BCUT2D eigenvalue weighted by Gasteiger charge is 2.42. The van der Waals surface area contributed by atoms with Gasteiger partial charge in [0.1, 0.15) is 0 Å². The third-order valence-electron chi connectivity index (χ3n) is 6.02. The fourth-order valence-corrected chi connectivity index (χ4v) is 4.91. The Morgan fingerprint density at radius 1 is 1.27 bits per heavy atom. The minimum atomic E-state index is 0.211. The molecule has 1 aliphatic heterocycles. The second kappa shape index (κ2) is 6.88. The van der Waals surface area contributed by atoms with E-state index in [9.17, 15) is 4.79 Å². The molecule has 2 bridgehead atoms. The molecule has 4 nitrogen and oxygen atoms in total. The molecule has 22 heavy (non-hydrogen) atoms. The number of hydrogen-bond acceptors (Lipinski definition) is 3. The third kappa shape index (κ3) is 3.33. The summed E-state index contributed by atoms with van der Waals surface area (Å²) in [7, 11) is 0. The van der Waals surface area contributed by atoms with E-state index in [0.29, 0.717) is 42.9 Å². The highest BCUT2D eigenvalue weighted by molar-refractivity contribution is 5.79. The molecule has 1 heterocycles. The smallest absolute Gasteiger partial charge is 0.226 e. The first kappa shape index (κ1) is 16.3. The molecule has 2 saturated carbocycles. The van der Waals surface area contributed by atoms with Gasteiger partial charge in [-0.2, -0.15) is 0 Å². The molecule has 1 saturated heterocycles. The van der Waals surface area contributed by atoms with Crippen LogP contribution < -0.4 is 5.73 Å². The quantitative estimate of drug-likeness (QED) is 0.871. The van der Waals surface area contributed by atoms with Gasteiger partial charge in [-0.25, -0.2) is 0 Å². The summed E-state index contributed by atoms with van der Waals surface area (Å²) in [5.74, 6) is 2.35. The van der Waals surface area contributed by atoms with Crippen LogP contribution in [0.25, 0.3) is 0 Å². The Hall–Kier alpha value is -0.610. The summed E-state index contributed by atoms with van der Waals surface area (Å²) in [6.45, 7) is 6.62. The molecule has 3 rings (SSSR count). The Bertz CT molecular complexity index is 385. The first-order valence-corrected chi connectivity index (χ1v) is 9.20. The number of ether oxygens (including phenoxy) is 1. The molecule has 0 aromatic rings. The van der Waals surface area contributed by atoms with Crippen molar-refractivity contribution in [1.29, 1.82) is 0 Å². The van der Waals surface area contributed by atoms with Crippen molar-refractivity contribution in [1.82, 2.24) is 4.90 Å². The molecule has 0 spiro atoms. The largest absolute Gasteiger partial charge is 0.377 e. The summed E-state index contributed by atoms with van der Waals surface area (Å²) in [5.41, 5.74) is 6.37. The Morgan fingerprint density at radius 3 is 2.59 bits per heavy atom. The van der Waals surface area contributed by atoms with Crippen molar-refractivity contribution in [3.63, 3.8) is 0 Å². The third-order valence-corrected chi connectivity index (χ3v) is 6.02. The molecule has 2 N–H and O–H groups in total. The van der Waals surface area contributed by atoms with Crippen molar-refractivity contribution in [2.45, 2.75) is 64.5 Å². The van der Waals surface area contributed by atoms with E-state index in [1.807, 2.05) is 0 Å². The first-order chi connectivity index (χ1) is 10.6. The van der Waals surface area contributed by atoms with Gasteiger partial charge >= 0.3 is 0 Å². The summed E-state index contributed by atoms with van der Waals surface area (Å²) in [6, 6.07) is 0.616. The average molecular weight is 308 g/mol. The molecule has 2 aliphatic carbocycles. The molecule has 3 aliphatic rings. The summed E-state index contributed by atoms with van der Waals surface area (Å²) in [6.07, 6.45) is 6.83. The van der Waals surface area contributed by atoms with Crippen molar-refractivity contribution in [3.8, 4) is 0 Å². The predicted molar refractivity (Wildman–Crippen MR) is 87.3 cm³/mol. The van der Waals surface area contributed by atoms with E-state index in [-0.39, 0.29) is 12.0 Å². The van der Waals surface area contributed by atoms with Crippen LogP contribution in [0.3, 0.4) is 0 Å². The van der Waals surface area contributed by atoms with Crippen molar-refractivity contribution in [2.75, 3.05) is 19.8 Å². The fourth-order valence-electron chi connectivity index (χ4n) is 4.91. The SMILES string of the molecule is CC(C)CC1COCCN1C(=O)C1CC2CCCC(C1)C2N. The monoisotopic (exact) mass is 308 g/mol. The topological polar surface area (TPSA) is 55.6 Å². The van der Waals surface area contributed by atoms with Crippen LogP contribution in [0, 0.1) is 23.7 Å². The lowest BCUT2D eigenvalue weighted by Crippen LogP contribution is -2.54. The van der Waals surface area contributed by atoms with Crippen LogP contribution in [0.2, 0.25) is 0 Å². The Labute approximate surface area is 134 Å². The number of carbonyl (C=O) groups excluding carboxylic acids is 1. The number of nitrogens with two attached hydrogens (primary N) is 1. The highest BCUT2D eigenvalue weighted by atomic mass is 16.5. The molecule has 126 valence electrons. The molecule has 1 amide bonds. The van der Waals surface area contributed by atoms with E-state index in [1.165, 1.54) is 19.3 Å². The van der Waals surface area contributed by atoms with Gasteiger partial charge in [-0.05, 0) is 49.9 Å². The van der Waals surface area contributed by atoms with Crippen molar-refractivity contribution >= 4 is 5.91 Å². The molecule has 3 unspecified atom stereocenters. The van der Waals surface area contributed by atoms with Gasteiger partial charge in [-0.15, -0.1) is 0 Å². The van der Waals surface area contributed by atoms with Crippen molar-refractivity contribution in [2.24, 2.45) is 29.4 Å². The Morgan fingerprint density at radius 2 is 1.95 bits per heavy atom. The highest BCUT2D eigenvalue weighted by Crippen LogP contribution is 2.42. The Kier molecular flexibility index (Phi) is 5.08. The number of hydrogen-bond donors (Lipinski definition) is 1. The van der Waals surface area contributed by atoms with E-state index in [0.717, 1.165) is 25.8 Å². The zero-order chi connectivity index (χ0) is 15.7. The van der Waals surface area contributed by atoms with Gasteiger partial charge < -0.3 is 15.4 Å². The lowest BCUT2D eigenvalue weighted by molar-refractivity contribution is -0.148. The normalized spacial score (nSPS) is 39.1. The van der Waals surface area contributed by atoms with Gasteiger partial charge in [0.05, 0.1) is 19.3 Å². The molecule has 0 aromatic carbocycles. The van der Waals surface area contributed by atoms with Crippen LogP contribution in [0.15, 0.2) is 0 Å². The van der Waals surface area contributed by atoms with Crippen LogP contribution in [0.4, 0.5) is 0 Å². The second-order valence-corrected chi connectivity index (χ2v) is 8.09. The van der Waals surface area contributed by atoms with Crippen molar-refractivity contribution < 1.29 is 9.53 Å². The van der Waals surface area contributed by atoms with Crippen LogP contribution in [0.5, 0.6) is 0 Å². The van der Waals surface area contributed by atoms with E-state index < -0.39 is 0 Å². The van der Waals surface area contributed by atoms with E-state index in [1.54, 1.807) is 0 Å². The molecule has 4 heteroatoms. The Balaban J connectivity index is 1.67. The van der Waals surface area contributed by atoms with E-state index in [4.69, 9.17) is 10.5 Å². The summed E-state index contributed by atoms with van der Waals surface area (Å²) < 4.78 is 5.63. The summed E-state index contributed by atoms with van der Waals surface area (Å²) >= 11 is 0. The predicted octanol–water partition coefficient (Wildman–Crippen LogP) is 2.41. The van der Waals surface area contributed by atoms with Crippen LogP contribution >= 0.6 is 0 Å². The van der Waals surface area contributed by atoms with Gasteiger partial charge in [0.2, 0.25) is 5.91 Å². The molecular weight excluding hydrogens is 276 g/mol. The maximum Gasteiger partial charge on any atom is 0.226 e. The van der Waals surface area contributed by atoms with Crippen LogP contribution in [-0.2, 0) is 9.53 Å². The summed E-state index contributed by atoms with van der Waals surface area (Å²) in [5, 5.41) is 0.